The molecular weight excluding hydrogens is 498 g/mol. The van der Waals surface area contributed by atoms with Gasteiger partial charge in [0.1, 0.15) is 5.58 Å². The molecule has 0 unspecified atom stereocenters. The number of fused-ring (bicyclic) bond motifs is 12. The van der Waals surface area contributed by atoms with Gasteiger partial charge in [0, 0.05) is 16.2 Å². The Labute approximate surface area is 228 Å². The minimum Gasteiger partial charge on any atom is -0.454 e. The van der Waals surface area contributed by atoms with Crippen LogP contribution in [0.1, 0.15) is 0 Å². The molecule has 3 heteroatoms. The Hall–Kier alpha value is -4.79. The maximum atomic E-state index is 6.80. The second-order valence-corrected chi connectivity index (χ2v) is 10.6. The Morgan fingerprint density at radius 3 is 1.56 bits per heavy atom. The van der Waals surface area contributed by atoms with Gasteiger partial charge in [0.15, 0.2) is 5.58 Å². The number of halogens is 1. The zero-order valence-electron chi connectivity index (χ0n) is 20.8. The molecule has 0 radical (unpaired) electrons. The molecule has 2 aromatic heterocycles. The number of hydrogen-bond acceptors (Lipinski definition) is 1. The molecule has 2 nitrogen and oxygen atoms in total. The monoisotopic (exact) mass is 517 g/mol. The Morgan fingerprint density at radius 1 is 0.462 bits per heavy atom. The molecule has 0 N–H and O–H groups in total. The lowest BCUT2D eigenvalue weighted by Gasteiger charge is -2.11. The second-order valence-electron chi connectivity index (χ2n) is 10.2. The molecule has 0 aliphatic heterocycles. The Bertz CT molecular complexity index is 2370. The van der Waals surface area contributed by atoms with E-state index in [0.29, 0.717) is 5.02 Å². The summed E-state index contributed by atoms with van der Waals surface area (Å²) in [5.41, 5.74) is 4.96. The first-order chi connectivity index (χ1) is 19.3. The summed E-state index contributed by atoms with van der Waals surface area (Å²) in [6, 6.07) is 43.1. The van der Waals surface area contributed by atoms with Gasteiger partial charge in [-0.25, -0.2) is 0 Å². The van der Waals surface area contributed by atoms with Gasteiger partial charge >= 0.3 is 0 Å². The van der Waals surface area contributed by atoms with Crippen LogP contribution in [-0.4, -0.2) is 4.57 Å². The number of nitrogens with zero attached hydrogens (tertiary/aromatic N) is 1. The van der Waals surface area contributed by atoms with Gasteiger partial charge in [-0.05, 0) is 62.6 Å². The van der Waals surface area contributed by atoms with E-state index in [9.17, 15) is 0 Å². The molecule has 9 rings (SSSR count). The molecule has 39 heavy (non-hydrogen) atoms. The van der Waals surface area contributed by atoms with E-state index in [1.807, 2.05) is 6.07 Å². The van der Waals surface area contributed by atoms with Crippen LogP contribution in [0.5, 0.6) is 0 Å². The third-order valence-electron chi connectivity index (χ3n) is 8.23. The van der Waals surface area contributed by atoms with E-state index in [1.54, 1.807) is 0 Å². The highest BCUT2D eigenvalue weighted by molar-refractivity contribution is 6.37. The van der Waals surface area contributed by atoms with Crippen molar-refractivity contribution in [2.75, 3.05) is 0 Å². The van der Waals surface area contributed by atoms with Gasteiger partial charge in [0.25, 0.3) is 0 Å². The molecule has 0 atom stereocenters. The highest BCUT2D eigenvalue weighted by atomic mass is 35.5. The van der Waals surface area contributed by atoms with E-state index in [-0.39, 0.29) is 0 Å². The fourth-order valence-corrected chi connectivity index (χ4v) is 6.78. The average molecular weight is 518 g/mol. The van der Waals surface area contributed by atoms with Crippen molar-refractivity contribution in [2.45, 2.75) is 0 Å². The first-order valence-corrected chi connectivity index (χ1v) is 13.5. The summed E-state index contributed by atoms with van der Waals surface area (Å²) in [7, 11) is 0. The van der Waals surface area contributed by atoms with E-state index in [4.69, 9.17) is 16.0 Å². The van der Waals surface area contributed by atoms with E-state index >= 15 is 0 Å². The molecule has 0 aliphatic rings. The molecule has 0 saturated carbocycles. The largest absolute Gasteiger partial charge is 0.454 e. The lowest BCUT2D eigenvalue weighted by atomic mass is 10.00. The number of furan rings is 1. The molecule has 0 amide bonds. The summed E-state index contributed by atoms with van der Waals surface area (Å²) >= 11 is 6.80. The first-order valence-electron chi connectivity index (χ1n) is 13.1. The molecule has 182 valence electrons. The standard InChI is InChI=1S/C36H20ClNO/c37-27-16-19-30(35-34-26-12-6-3-9-23(26)15-20-31(34)39-36(27)35)38-28-17-13-21-7-1-4-10-24(21)32(28)33-25-11-5-2-8-22(25)14-18-29(33)38/h1-20H. The smallest absolute Gasteiger partial charge is 0.156 e. The molecule has 2 heterocycles. The van der Waals surface area contributed by atoms with Crippen molar-refractivity contribution in [2.24, 2.45) is 0 Å². The molecular formula is C36H20ClNO. The zero-order valence-corrected chi connectivity index (χ0v) is 21.5. The molecule has 9 aromatic rings. The van der Waals surface area contributed by atoms with Gasteiger partial charge in [0.05, 0.1) is 27.1 Å². The van der Waals surface area contributed by atoms with E-state index < -0.39 is 0 Å². The SMILES string of the molecule is Clc1ccc(-n2c3ccc4ccccc4c3c3c4ccccc4ccc32)c2c1oc1ccc3ccccc3c12. The van der Waals surface area contributed by atoms with Crippen molar-refractivity contribution < 1.29 is 4.42 Å². The maximum absolute atomic E-state index is 6.80. The first kappa shape index (κ1) is 21.2. The quantitative estimate of drug-likeness (QED) is 0.212. The van der Waals surface area contributed by atoms with Crippen LogP contribution >= 0.6 is 11.6 Å². The Morgan fingerprint density at radius 2 is 0.974 bits per heavy atom. The topological polar surface area (TPSA) is 18.1 Å². The van der Waals surface area contributed by atoms with Crippen molar-refractivity contribution in [1.29, 1.82) is 0 Å². The summed E-state index contributed by atoms with van der Waals surface area (Å²) in [5.74, 6) is 0. The normalized spacial score (nSPS) is 12.2. The van der Waals surface area contributed by atoms with Crippen LogP contribution in [0.15, 0.2) is 126 Å². The van der Waals surface area contributed by atoms with Crippen LogP contribution in [-0.2, 0) is 0 Å². The summed E-state index contributed by atoms with van der Waals surface area (Å²) in [4.78, 5) is 0. The van der Waals surface area contributed by atoms with Gasteiger partial charge in [-0.1, -0.05) is 103 Å². The van der Waals surface area contributed by atoms with E-state index in [2.05, 4.69) is 120 Å². The predicted octanol–water partition coefficient (Wildman–Crippen LogP) is 10.8. The van der Waals surface area contributed by atoms with Crippen LogP contribution in [0.4, 0.5) is 0 Å². The highest BCUT2D eigenvalue weighted by Gasteiger charge is 2.22. The number of aromatic nitrogens is 1. The summed E-state index contributed by atoms with van der Waals surface area (Å²) in [5, 5.41) is 12.6. The summed E-state index contributed by atoms with van der Waals surface area (Å²) in [6.45, 7) is 0. The van der Waals surface area contributed by atoms with Gasteiger partial charge in [-0.2, -0.15) is 0 Å². The number of rotatable bonds is 1. The highest BCUT2D eigenvalue weighted by Crippen LogP contribution is 2.45. The van der Waals surface area contributed by atoms with E-state index in [1.165, 1.54) is 48.7 Å². The minimum atomic E-state index is 0.616. The minimum absolute atomic E-state index is 0.616. The van der Waals surface area contributed by atoms with Crippen molar-refractivity contribution in [3.63, 3.8) is 0 Å². The van der Waals surface area contributed by atoms with E-state index in [0.717, 1.165) is 33.0 Å². The summed E-state index contributed by atoms with van der Waals surface area (Å²) in [6.07, 6.45) is 0. The summed E-state index contributed by atoms with van der Waals surface area (Å²) < 4.78 is 8.85. The van der Waals surface area contributed by atoms with Crippen LogP contribution < -0.4 is 0 Å². The maximum Gasteiger partial charge on any atom is 0.156 e. The second kappa shape index (κ2) is 7.63. The van der Waals surface area contributed by atoms with Gasteiger partial charge in [-0.3, -0.25) is 0 Å². The van der Waals surface area contributed by atoms with Gasteiger partial charge in [-0.15, -0.1) is 0 Å². The fourth-order valence-electron chi connectivity index (χ4n) is 6.59. The third kappa shape index (κ3) is 2.76. The number of hydrogen-bond donors (Lipinski definition) is 0. The van der Waals surface area contributed by atoms with Crippen molar-refractivity contribution >= 4 is 87.7 Å². The molecule has 7 aromatic carbocycles. The average Bonchev–Trinajstić information content (AvgIpc) is 3.55. The van der Waals surface area contributed by atoms with Crippen LogP contribution in [0, 0.1) is 0 Å². The predicted molar refractivity (Wildman–Crippen MR) is 166 cm³/mol. The fraction of sp³-hybridized carbons (Fsp3) is 0. The van der Waals surface area contributed by atoms with Gasteiger partial charge < -0.3 is 8.98 Å². The Kier molecular flexibility index (Phi) is 4.14. The molecule has 0 saturated heterocycles. The van der Waals surface area contributed by atoms with Crippen LogP contribution in [0.2, 0.25) is 5.02 Å². The van der Waals surface area contributed by atoms with Gasteiger partial charge in [0.2, 0.25) is 0 Å². The lowest BCUT2D eigenvalue weighted by molar-refractivity contribution is 0.669. The third-order valence-corrected chi connectivity index (χ3v) is 8.52. The van der Waals surface area contributed by atoms with Crippen molar-refractivity contribution in [1.82, 2.24) is 4.57 Å². The number of benzene rings is 7. The van der Waals surface area contributed by atoms with Crippen LogP contribution in [0.3, 0.4) is 0 Å². The molecule has 0 spiro atoms. The molecule has 0 fully saturated rings. The Balaban J connectivity index is 1.57. The van der Waals surface area contributed by atoms with Crippen LogP contribution in [0.25, 0.3) is 81.7 Å². The van der Waals surface area contributed by atoms with Crippen molar-refractivity contribution in [3.05, 3.63) is 126 Å². The molecule has 0 bridgehead atoms. The lowest BCUT2D eigenvalue weighted by Crippen LogP contribution is -1.95. The van der Waals surface area contributed by atoms with Crippen molar-refractivity contribution in [3.8, 4) is 5.69 Å². The molecule has 0 aliphatic carbocycles. The zero-order chi connectivity index (χ0) is 25.7.